The van der Waals surface area contributed by atoms with Gasteiger partial charge in [-0.3, -0.25) is 0 Å². The zero-order valence-corrected chi connectivity index (χ0v) is 40.3. The molecule has 4 aliphatic carbocycles. The lowest BCUT2D eigenvalue weighted by Gasteiger charge is -2.67. The SMILES string of the molecule is C[C@H](CC[C@@H](O[C@@H]1O[C@H](CO)[C@@H](O)[C@H](O)[C@H]1O)C(C)(C)O)[C@H]1CC[C@@]2(C)[C@H]3CC=C4[C@@H](CC[C@H](O[C@@H]5O[C@H](CO[C@@H]6O[C@H](CO)[C@@H](O)[C@H](O)[C@H]6O)[C@@H](O)[C@H](O)[C@H]5O)C4(C)C)[C@]3(C)[C@H](O)C[C@]12C. The third kappa shape index (κ3) is 9.24. The van der Waals surface area contributed by atoms with Crippen LogP contribution in [0, 0.1) is 45.3 Å². The fraction of sp³-hybridized carbons (Fsp3) is 0.958. The van der Waals surface area contributed by atoms with Crippen LogP contribution in [0.3, 0.4) is 0 Å². The first-order chi connectivity index (χ1) is 31.2. The van der Waals surface area contributed by atoms with Crippen molar-refractivity contribution in [2.24, 2.45) is 45.3 Å². The first-order valence-corrected chi connectivity index (χ1v) is 24.5. The van der Waals surface area contributed by atoms with Crippen molar-refractivity contribution in [1.29, 1.82) is 0 Å². The molecule has 3 aliphatic heterocycles. The van der Waals surface area contributed by atoms with E-state index in [-0.39, 0.29) is 34.5 Å². The standard InChI is InChI=1S/C48H82O19/c1-21(9-13-31(45(4,5)61)67-42-39(59)36(56)33(53)26(19-50)64-42)22-15-16-46(6)28-12-10-23-24(48(28,8)29(51)17-47(22,46)7)11-14-30(44(23,2)3)66-43-40(60)37(57)34(54)27(65-43)20-62-41-38(58)35(55)32(52)25(18-49)63-41/h10,21-22,24-43,49-61H,9,11-20H2,1-8H3/t21-,22-,24-,25-,26-,27-,28-,29-,30+,31-,32-,33-,34-,35+,36+,37+,38-,39-,40-,41-,42+,43+,46+,47-,48+/m1/s1. The number of aliphatic hydroxyl groups excluding tert-OH is 12. The average Bonchev–Trinajstić information content (AvgIpc) is 3.54. The molecule has 0 radical (unpaired) electrons. The maximum atomic E-state index is 12.6. The lowest BCUT2D eigenvalue weighted by atomic mass is 9.38. The maximum absolute atomic E-state index is 12.6. The topological polar surface area (TPSA) is 318 Å². The molecule has 0 spiro atoms. The average molecular weight is 963 g/mol. The van der Waals surface area contributed by atoms with Crippen molar-refractivity contribution in [2.45, 2.75) is 223 Å². The Morgan fingerprint density at radius 2 is 1.21 bits per heavy atom. The van der Waals surface area contributed by atoms with Crippen molar-refractivity contribution < 1.29 is 94.8 Å². The van der Waals surface area contributed by atoms with Crippen molar-refractivity contribution in [2.75, 3.05) is 19.8 Å². The van der Waals surface area contributed by atoms with Crippen LogP contribution >= 0.6 is 0 Å². The zero-order chi connectivity index (χ0) is 49.5. The van der Waals surface area contributed by atoms with E-state index in [2.05, 4.69) is 47.6 Å². The smallest absolute Gasteiger partial charge is 0.187 e. The summed E-state index contributed by atoms with van der Waals surface area (Å²) in [6, 6.07) is 0. The molecule has 13 N–H and O–H groups in total. The van der Waals surface area contributed by atoms with Gasteiger partial charge in [0.2, 0.25) is 0 Å². The Balaban J connectivity index is 1.02. The summed E-state index contributed by atoms with van der Waals surface area (Å²) >= 11 is 0. The normalized spacial score (nSPS) is 51.0. The van der Waals surface area contributed by atoms with Crippen molar-refractivity contribution >= 4 is 0 Å². The first-order valence-electron chi connectivity index (χ1n) is 24.5. The Kier molecular flexibility index (Phi) is 15.9. The van der Waals surface area contributed by atoms with Crippen LogP contribution in [0.25, 0.3) is 0 Å². The molecule has 6 fully saturated rings. The molecule has 19 heteroatoms. The van der Waals surface area contributed by atoms with Gasteiger partial charge in [-0.25, -0.2) is 0 Å². The van der Waals surface area contributed by atoms with Crippen molar-refractivity contribution in [3.05, 3.63) is 11.6 Å². The Labute approximate surface area is 393 Å². The minimum Gasteiger partial charge on any atom is -0.394 e. The van der Waals surface area contributed by atoms with Gasteiger partial charge in [-0.05, 0) is 99.7 Å². The van der Waals surface area contributed by atoms with Crippen molar-refractivity contribution in [3.63, 3.8) is 0 Å². The van der Waals surface area contributed by atoms with Gasteiger partial charge in [-0.1, -0.05) is 53.2 Å². The van der Waals surface area contributed by atoms with Crippen LogP contribution in [0.2, 0.25) is 0 Å². The van der Waals surface area contributed by atoms with Crippen molar-refractivity contribution in [1.82, 2.24) is 0 Å². The number of hydrogen-bond acceptors (Lipinski definition) is 19. The summed E-state index contributed by atoms with van der Waals surface area (Å²) in [6.07, 6.45) is -16.6. The number of ether oxygens (including phenoxy) is 6. The third-order valence-corrected chi connectivity index (χ3v) is 18.7. The molecular weight excluding hydrogens is 881 g/mol. The van der Waals surface area contributed by atoms with Gasteiger partial charge in [0, 0.05) is 10.8 Å². The van der Waals surface area contributed by atoms with E-state index in [1.54, 1.807) is 13.8 Å². The zero-order valence-electron chi connectivity index (χ0n) is 40.3. The predicted octanol–water partition coefficient (Wildman–Crippen LogP) is -1.06. The van der Waals surface area contributed by atoms with Gasteiger partial charge in [0.15, 0.2) is 18.9 Å². The lowest BCUT2D eigenvalue weighted by Crippen LogP contribution is -2.65. The van der Waals surface area contributed by atoms with Crippen molar-refractivity contribution in [3.8, 4) is 0 Å². The Bertz CT molecular complexity index is 1710. The van der Waals surface area contributed by atoms with Crippen LogP contribution in [-0.2, 0) is 28.4 Å². The number of allylic oxidation sites excluding steroid dienone is 1. The van der Waals surface area contributed by atoms with E-state index in [9.17, 15) is 66.4 Å². The van der Waals surface area contributed by atoms with E-state index >= 15 is 0 Å². The summed E-state index contributed by atoms with van der Waals surface area (Å²) in [4.78, 5) is 0. The molecule has 19 nitrogen and oxygen atoms in total. The highest BCUT2D eigenvalue weighted by Gasteiger charge is 2.70. The van der Waals surface area contributed by atoms with E-state index in [1.807, 2.05) is 0 Å². The van der Waals surface area contributed by atoms with Gasteiger partial charge in [-0.15, -0.1) is 0 Å². The monoisotopic (exact) mass is 963 g/mol. The number of rotatable bonds is 14. The van der Waals surface area contributed by atoms with Gasteiger partial charge in [0.1, 0.15) is 73.2 Å². The lowest BCUT2D eigenvalue weighted by molar-refractivity contribution is -0.340. The fourth-order valence-corrected chi connectivity index (χ4v) is 14.2. The summed E-state index contributed by atoms with van der Waals surface area (Å²) in [5, 5.41) is 138. The maximum Gasteiger partial charge on any atom is 0.187 e. The highest BCUT2D eigenvalue weighted by molar-refractivity contribution is 5.32. The second kappa shape index (κ2) is 19.8. The molecule has 3 saturated heterocycles. The molecule has 0 aromatic rings. The molecule has 0 bridgehead atoms. The van der Waals surface area contributed by atoms with E-state index < -0.39 is 147 Å². The van der Waals surface area contributed by atoms with Gasteiger partial charge in [0.25, 0.3) is 0 Å². The molecule has 25 atom stereocenters. The molecule has 3 saturated carbocycles. The molecular formula is C48H82O19. The highest BCUT2D eigenvalue weighted by atomic mass is 16.7. The molecule has 67 heavy (non-hydrogen) atoms. The molecule has 7 aliphatic rings. The summed E-state index contributed by atoms with van der Waals surface area (Å²) in [7, 11) is 0. The molecule has 0 unspecified atom stereocenters. The van der Waals surface area contributed by atoms with Gasteiger partial charge >= 0.3 is 0 Å². The van der Waals surface area contributed by atoms with Crippen LogP contribution in [0.1, 0.15) is 107 Å². The quantitative estimate of drug-likeness (QED) is 0.0924. The predicted molar refractivity (Wildman–Crippen MR) is 235 cm³/mol. The molecule has 7 rings (SSSR count). The summed E-state index contributed by atoms with van der Waals surface area (Å²) in [5.74, 6) is 0.560. The summed E-state index contributed by atoms with van der Waals surface area (Å²) in [5.41, 5.74) is -1.65. The molecule has 388 valence electrons. The van der Waals surface area contributed by atoms with Gasteiger partial charge in [0.05, 0.1) is 43.7 Å². The highest BCUT2D eigenvalue weighted by Crippen LogP contribution is 2.75. The van der Waals surface area contributed by atoms with Crippen LogP contribution in [0.4, 0.5) is 0 Å². The second-order valence-electron chi connectivity index (χ2n) is 23.1. The summed E-state index contributed by atoms with van der Waals surface area (Å²) in [6.45, 7) is 14.8. The first kappa shape index (κ1) is 53.8. The Morgan fingerprint density at radius 3 is 1.79 bits per heavy atom. The Hall–Kier alpha value is -1.02. The third-order valence-electron chi connectivity index (χ3n) is 18.7. The molecule has 0 amide bonds. The van der Waals surface area contributed by atoms with Crippen LogP contribution < -0.4 is 0 Å². The second-order valence-corrected chi connectivity index (χ2v) is 23.1. The van der Waals surface area contributed by atoms with Crippen LogP contribution in [-0.4, -0.2) is 202 Å². The largest absolute Gasteiger partial charge is 0.394 e. The van der Waals surface area contributed by atoms with Gasteiger partial charge < -0.3 is 94.8 Å². The fourth-order valence-electron chi connectivity index (χ4n) is 14.2. The van der Waals surface area contributed by atoms with Crippen LogP contribution in [0.15, 0.2) is 11.6 Å². The summed E-state index contributed by atoms with van der Waals surface area (Å²) < 4.78 is 35.4. The molecule has 3 heterocycles. The Morgan fingerprint density at radius 1 is 0.672 bits per heavy atom. The minimum absolute atomic E-state index is 0.0188. The number of hydrogen-bond donors (Lipinski definition) is 13. The van der Waals surface area contributed by atoms with E-state index in [4.69, 9.17) is 28.4 Å². The number of aliphatic hydroxyl groups is 13. The minimum atomic E-state index is -1.69. The number of fused-ring (bicyclic) bond motifs is 5. The van der Waals surface area contributed by atoms with E-state index in [0.29, 0.717) is 32.1 Å². The van der Waals surface area contributed by atoms with Crippen LogP contribution in [0.5, 0.6) is 0 Å². The van der Waals surface area contributed by atoms with Gasteiger partial charge in [-0.2, -0.15) is 0 Å². The molecule has 0 aromatic carbocycles. The van der Waals surface area contributed by atoms with E-state index in [0.717, 1.165) is 24.8 Å². The van der Waals surface area contributed by atoms with E-state index in [1.165, 1.54) is 0 Å². The molecule has 0 aromatic heterocycles.